The van der Waals surface area contributed by atoms with Crippen LogP contribution >= 0.6 is 0 Å². The number of aliphatic hydroxyl groups excluding tert-OH is 2. The lowest BCUT2D eigenvalue weighted by Gasteiger charge is -2.31. The van der Waals surface area contributed by atoms with Crippen molar-refractivity contribution in [3.05, 3.63) is 0 Å². The van der Waals surface area contributed by atoms with Crippen LogP contribution in [0.3, 0.4) is 0 Å². The summed E-state index contributed by atoms with van der Waals surface area (Å²) in [6, 6.07) is 0. The third-order valence-electron chi connectivity index (χ3n) is 3.21. The van der Waals surface area contributed by atoms with Gasteiger partial charge in [-0.1, -0.05) is 6.92 Å². The van der Waals surface area contributed by atoms with E-state index in [0.29, 0.717) is 13.0 Å². The van der Waals surface area contributed by atoms with Gasteiger partial charge < -0.3 is 15.5 Å². The van der Waals surface area contributed by atoms with Crippen LogP contribution in [0, 0.1) is 5.41 Å². The van der Waals surface area contributed by atoms with Crippen molar-refractivity contribution in [1.82, 2.24) is 5.32 Å². The zero-order valence-corrected chi connectivity index (χ0v) is 10.7. The van der Waals surface area contributed by atoms with Crippen LogP contribution in [0.25, 0.3) is 0 Å². The van der Waals surface area contributed by atoms with Crippen molar-refractivity contribution >= 4 is 9.84 Å². The fourth-order valence-electron chi connectivity index (χ4n) is 1.74. The maximum Gasteiger partial charge on any atom is 0.152 e. The molecule has 6 heteroatoms. The maximum atomic E-state index is 11.4. The number of hydrogen-bond donors (Lipinski definition) is 3. The lowest BCUT2D eigenvalue weighted by Crippen LogP contribution is -2.50. The van der Waals surface area contributed by atoms with Crippen molar-refractivity contribution in [3.8, 4) is 0 Å². The largest absolute Gasteiger partial charge is 0.396 e. The molecule has 0 saturated carbocycles. The highest BCUT2D eigenvalue weighted by atomic mass is 32.2. The van der Waals surface area contributed by atoms with E-state index in [-0.39, 0.29) is 24.7 Å². The van der Waals surface area contributed by atoms with Crippen LogP contribution in [0.4, 0.5) is 0 Å². The van der Waals surface area contributed by atoms with E-state index in [1.807, 2.05) is 6.92 Å². The average molecular weight is 251 g/mol. The van der Waals surface area contributed by atoms with E-state index in [9.17, 15) is 8.42 Å². The number of rotatable bonds is 5. The average Bonchev–Trinajstić information content (AvgIpc) is 2.51. The van der Waals surface area contributed by atoms with E-state index in [1.54, 1.807) is 6.92 Å². The van der Waals surface area contributed by atoms with Crippen LogP contribution in [0.2, 0.25) is 0 Å². The lowest BCUT2D eigenvalue weighted by molar-refractivity contribution is 0.0638. The van der Waals surface area contributed by atoms with Crippen molar-refractivity contribution in [2.75, 3.05) is 31.3 Å². The molecule has 0 aliphatic carbocycles. The SMILES string of the molecule is CC(CO)(CO)CNC1(C)CCS(=O)(=O)C1. The monoisotopic (exact) mass is 251 g/mol. The van der Waals surface area contributed by atoms with E-state index >= 15 is 0 Å². The Kier molecular flexibility index (Phi) is 3.99. The molecule has 0 bridgehead atoms. The van der Waals surface area contributed by atoms with E-state index in [1.165, 1.54) is 0 Å². The molecule has 1 fully saturated rings. The summed E-state index contributed by atoms with van der Waals surface area (Å²) in [5.74, 6) is 0.346. The molecule has 1 atom stereocenters. The normalized spacial score (nSPS) is 29.5. The molecule has 0 aromatic rings. The Morgan fingerprint density at radius 1 is 1.38 bits per heavy atom. The van der Waals surface area contributed by atoms with Gasteiger partial charge in [-0.05, 0) is 13.3 Å². The predicted molar refractivity (Wildman–Crippen MR) is 62.0 cm³/mol. The molecule has 1 unspecified atom stereocenters. The molecule has 1 saturated heterocycles. The summed E-state index contributed by atoms with van der Waals surface area (Å²) in [7, 11) is -2.92. The van der Waals surface area contributed by atoms with Crippen molar-refractivity contribution in [3.63, 3.8) is 0 Å². The molecule has 0 aromatic carbocycles. The molecule has 0 radical (unpaired) electrons. The van der Waals surface area contributed by atoms with Gasteiger partial charge in [-0.2, -0.15) is 0 Å². The minimum Gasteiger partial charge on any atom is -0.396 e. The van der Waals surface area contributed by atoms with Crippen molar-refractivity contribution in [2.45, 2.75) is 25.8 Å². The molecular weight excluding hydrogens is 230 g/mol. The van der Waals surface area contributed by atoms with Crippen molar-refractivity contribution in [2.24, 2.45) is 5.41 Å². The van der Waals surface area contributed by atoms with Crippen LogP contribution in [0.15, 0.2) is 0 Å². The second-order valence-electron chi connectivity index (χ2n) is 5.38. The third-order valence-corrected chi connectivity index (χ3v) is 5.11. The summed E-state index contributed by atoms with van der Waals surface area (Å²) < 4.78 is 22.7. The second kappa shape index (κ2) is 4.60. The van der Waals surface area contributed by atoms with E-state index in [2.05, 4.69) is 5.32 Å². The van der Waals surface area contributed by atoms with Gasteiger partial charge in [0.25, 0.3) is 0 Å². The minimum absolute atomic E-state index is 0.126. The Bertz CT molecular complexity index is 337. The van der Waals surface area contributed by atoms with E-state index < -0.39 is 20.8 Å². The smallest absolute Gasteiger partial charge is 0.152 e. The summed E-state index contributed by atoms with van der Waals surface area (Å²) in [5, 5.41) is 21.4. The summed E-state index contributed by atoms with van der Waals surface area (Å²) in [5.41, 5.74) is -1.03. The summed E-state index contributed by atoms with van der Waals surface area (Å²) >= 11 is 0. The molecule has 0 amide bonds. The lowest BCUT2D eigenvalue weighted by atomic mass is 9.91. The van der Waals surface area contributed by atoms with Gasteiger partial charge in [0, 0.05) is 17.5 Å². The van der Waals surface area contributed by atoms with Gasteiger partial charge in [-0.15, -0.1) is 0 Å². The molecule has 1 heterocycles. The molecule has 1 aliphatic rings. The van der Waals surface area contributed by atoms with Gasteiger partial charge in [0.05, 0.1) is 24.7 Å². The zero-order chi connectivity index (χ0) is 12.4. The van der Waals surface area contributed by atoms with Crippen molar-refractivity contribution in [1.29, 1.82) is 0 Å². The van der Waals surface area contributed by atoms with Crippen LogP contribution in [0.5, 0.6) is 0 Å². The fraction of sp³-hybridized carbons (Fsp3) is 1.00. The molecule has 3 N–H and O–H groups in total. The first-order chi connectivity index (χ1) is 7.24. The molecule has 1 aliphatic heterocycles. The fourth-order valence-corrected chi connectivity index (χ4v) is 3.86. The Balaban J connectivity index is 2.56. The van der Waals surface area contributed by atoms with Gasteiger partial charge in [-0.25, -0.2) is 8.42 Å². The van der Waals surface area contributed by atoms with Gasteiger partial charge in [0.2, 0.25) is 0 Å². The Morgan fingerprint density at radius 2 is 1.94 bits per heavy atom. The Labute approximate surface area is 96.8 Å². The molecule has 0 spiro atoms. The molecule has 0 aromatic heterocycles. The number of nitrogens with one attached hydrogen (secondary N) is 1. The van der Waals surface area contributed by atoms with E-state index in [4.69, 9.17) is 10.2 Å². The first-order valence-corrected chi connectivity index (χ1v) is 7.24. The zero-order valence-electron chi connectivity index (χ0n) is 9.86. The summed E-state index contributed by atoms with van der Waals surface area (Å²) in [4.78, 5) is 0. The quantitative estimate of drug-likeness (QED) is 0.592. The first kappa shape index (κ1) is 13.9. The highest BCUT2D eigenvalue weighted by molar-refractivity contribution is 7.91. The Hall–Kier alpha value is -0.170. The predicted octanol–water partition coefficient (Wildman–Crippen LogP) is -0.856. The first-order valence-electron chi connectivity index (χ1n) is 5.41. The van der Waals surface area contributed by atoms with Crippen LogP contribution in [0.1, 0.15) is 20.3 Å². The minimum atomic E-state index is -2.92. The molecule has 1 rings (SSSR count). The maximum absolute atomic E-state index is 11.4. The number of sulfone groups is 1. The highest BCUT2D eigenvalue weighted by Crippen LogP contribution is 2.24. The van der Waals surface area contributed by atoms with Gasteiger partial charge in [-0.3, -0.25) is 0 Å². The molecule has 16 heavy (non-hydrogen) atoms. The van der Waals surface area contributed by atoms with Gasteiger partial charge in [0.15, 0.2) is 9.84 Å². The van der Waals surface area contributed by atoms with Crippen LogP contribution in [-0.2, 0) is 9.84 Å². The standard InChI is InChI=1S/C10H21NO4S/c1-9(6-12,7-13)5-11-10(2)3-4-16(14,15)8-10/h11-13H,3-8H2,1-2H3. The molecule has 5 nitrogen and oxygen atoms in total. The number of hydrogen-bond acceptors (Lipinski definition) is 5. The summed E-state index contributed by atoms with van der Waals surface area (Å²) in [6.45, 7) is 3.78. The topological polar surface area (TPSA) is 86.6 Å². The van der Waals surface area contributed by atoms with Crippen LogP contribution in [-0.4, -0.2) is 55.4 Å². The van der Waals surface area contributed by atoms with Crippen LogP contribution < -0.4 is 5.32 Å². The number of aliphatic hydroxyl groups is 2. The van der Waals surface area contributed by atoms with E-state index in [0.717, 1.165) is 0 Å². The Morgan fingerprint density at radius 3 is 2.31 bits per heavy atom. The molecular formula is C10H21NO4S. The summed E-state index contributed by atoms with van der Waals surface area (Å²) in [6.07, 6.45) is 0.586. The second-order valence-corrected chi connectivity index (χ2v) is 7.57. The highest BCUT2D eigenvalue weighted by Gasteiger charge is 2.39. The van der Waals surface area contributed by atoms with Gasteiger partial charge >= 0.3 is 0 Å². The van der Waals surface area contributed by atoms with Gasteiger partial charge in [0.1, 0.15) is 0 Å². The third kappa shape index (κ3) is 3.41. The molecule has 96 valence electrons. The van der Waals surface area contributed by atoms with Crippen molar-refractivity contribution < 1.29 is 18.6 Å².